The molecule has 1 N–H and O–H groups in total. The number of nitrogens with one attached hydrogen (secondary N) is 1. The van der Waals surface area contributed by atoms with Gasteiger partial charge in [-0.1, -0.05) is 41.9 Å². The molecule has 0 radical (unpaired) electrons. The van der Waals surface area contributed by atoms with Crippen LogP contribution in [0.1, 0.15) is 11.3 Å². The zero-order valence-corrected chi connectivity index (χ0v) is 15.0. The van der Waals surface area contributed by atoms with Crippen molar-refractivity contribution in [3.05, 3.63) is 77.2 Å². The molecule has 6 heteroatoms. The summed E-state index contributed by atoms with van der Waals surface area (Å²) in [6.07, 6.45) is 1.50. The molecule has 0 unspecified atom stereocenters. The molecule has 0 saturated heterocycles. The number of amides is 1. The van der Waals surface area contributed by atoms with Crippen LogP contribution in [-0.2, 0) is 11.3 Å². The zero-order chi connectivity index (χ0) is 18.4. The number of carbonyl (C=O) groups excluding carboxylic acids is 1. The van der Waals surface area contributed by atoms with Crippen LogP contribution in [0.2, 0.25) is 5.02 Å². The average molecular weight is 368 g/mol. The Morgan fingerprint density at radius 1 is 1.12 bits per heavy atom. The monoisotopic (exact) mass is 367 g/mol. The fourth-order valence-electron chi connectivity index (χ4n) is 2.36. The lowest BCUT2D eigenvalue weighted by Crippen LogP contribution is -2.28. The second-order valence-electron chi connectivity index (χ2n) is 5.74. The van der Waals surface area contributed by atoms with Gasteiger partial charge in [0.25, 0.3) is 5.91 Å². The molecule has 1 amide bonds. The highest BCUT2D eigenvalue weighted by Crippen LogP contribution is 2.21. The van der Waals surface area contributed by atoms with E-state index in [1.165, 1.54) is 6.33 Å². The minimum Gasteiger partial charge on any atom is -0.484 e. The van der Waals surface area contributed by atoms with Crippen LogP contribution in [0.15, 0.2) is 60.9 Å². The first kappa shape index (κ1) is 17.9. The molecule has 0 aliphatic heterocycles. The summed E-state index contributed by atoms with van der Waals surface area (Å²) in [7, 11) is 0. The number of halogens is 1. The van der Waals surface area contributed by atoms with Crippen molar-refractivity contribution in [1.29, 1.82) is 0 Å². The molecule has 0 aliphatic rings. The van der Waals surface area contributed by atoms with Crippen molar-refractivity contribution in [2.75, 3.05) is 6.61 Å². The van der Waals surface area contributed by atoms with Gasteiger partial charge in [-0.3, -0.25) is 4.79 Å². The fraction of sp³-hybridized carbons (Fsp3) is 0.150. The SMILES string of the molecule is Cc1cc(OCC(=O)NCc2cc(-c3ccccc3)ncn2)ccc1Cl. The molecule has 0 saturated carbocycles. The Morgan fingerprint density at radius 3 is 2.69 bits per heavy atom. The minimum atomic E-state index is -0.225. The van der Waals surface area contributed by atoms with E-state index < -0.39 is 0 Å². The molecule has 132 valence electrons. The second-order valence-corrected chi connectivity index (χ2v) is 6.14. The van der Waals surface area contributed by atoms with Gasteiger partial charge in [0.2, 0.25) is 0 Å². The van der Waals surface area contributed by atoms with Crippen molar-refractivity contribution in [2.45, 2.75) is 13.5 Å². The van der Waals surface area contributed by atoms with Gasteiger partial charge in [-0.25, -0.2) is 9.97 Å². The number of aromatic nitrogens is 2. The molecule has 5 nitrogen and oxygen atoms in total. The van der Waals surface area contributed by atoms with Gasteiger partial charge in [0.1, 0.15) is 12.1 Å². The number of nitrogens with zero attached hydrogens (tertiary/aromatic N) is 2. The first-order valence-electron chi connectivity index (χ1n) is 8.14. The standard InChI is InChI=1S/C20H18ClN3O2/c1-14-9-17(7-8-18(14)21)26-12-20(25)22-11-16-10-19(24-13-23-16)15-5-3-2-4-6-15/h2-10,13H,11-12H2,1H3,(H,22,25). The van der Waals surface area contributed by atoms with E-state index in [9.17, 15) is 4.79 Å². The zero-order valence-electron chi connectivity index (χ0n) is 14.3. The summed E-state index contributed by atoms with van der Waals surface area (Å²) in [5.74, 6) is 0.382. The van der Waals surface area contributed by atoms with Gasteiger partial charge in [0.15, 0.2) is 6.61 Å². The van der Waals surface area contributed by atoms with Gasteiger partial charge in [0.05, 0.1) is 17.9 Å². The Morgan fingerprint density at radius 2 is 1.92 bits per heavy atom. The molecular formula is C20H18ClN3O2. The largest absolute Gasteiger partial charge is 0.484 e. The molecule has 0 bridgehead atoms. The number of carbonyl (C=O) groups is 1. The number of rotatable bonds is 6. The maximum atomic E-state index is 12.0. The van der Waals surface area contributed by atoms with Gasteiger partial charge in [-0.05, 0) is 36.8 Å². The summed E-state index contributed by atoms with van der Waals surface area (Å²) in [6.45, 7) is 2.12. The molecule has 0 aliphatic carbocycles. The Kier molecular flexibility index (Phi) is 5.81. The molecule has 0 spiro atoms. The first-order valence-corrected chi connectivity index (χ1v) is 8.51. The van der Waals surface area contributed by atoms with E-state index in [4.69, 9.17) is 16.3 Å². The van der Waals surface area contributed by atoms with E-state index in [1.54, 1.807) is 18.2 Å². The van der Waals surface area contributed by atoms with Gasteiger partial charge >= 0.3 is 0 Å². The normalized spacial score (nSPS) is 10.4. The van der Waals surface area contributed by atoms with E-state index in [0.717, 1.165) is 22.5 Å². The molecule has 1 heterocycles. The maximum absolute atomic E-state index is 12.0. The third-order valence-electron chi connectivity index (χ3n) is 3.76. The van der Waals surface area contributed by atoms with E-state index in [2.05, 4.69) is 15.3 Å². The number of aryl methyl sites for hydroxylation is 1. The second kappa shape index (κ2) is 8.45. The van der Waals surface area contributed by atoms with Gasteiger partial charge in [-0.15, -0.1) is 0 Å². The van der Waals surface area contributed by atoms with Gasteiger partial charge < -0.3 is 10.1 Å². The summed E-state index contributed by atoms with van der Waals surface area (Å²) in [5, 5.41) is 3.46. The Hall–Kier alpha value is -2.92. The highest BCUT2D eigenvalue weighted by atomic mass is 35.5. The van der Waals surface area contributed by atoms with Crippen LogP contribution in [-0.4, -0.2) is 22.5 Å². The van der Waals surface area contributed by atoms with E-state index in [1.807, 2.05) is 43.3 Å². The highest BCUT2D eigenvalue weighted by Gasteiger charge is 2.06. The molecule has 0 fully saturated rings. The molecule has 3 rings (SSSR count). The minimum absolute atomic E-state index is 0.0717. The Bertz CT molecular complexity index is 901. The maximum Gasteiger partial charge on any atom is 0.258 e. The fourth-order valence-corrected chi connectivity index (χ4v) is 2.47. The molecule has 3 aromatic rings. The first-order chi connectivity index (χ1) is 12.6. The summed E-state index contributed by atoms with van der Waals surface area (Å²) < 4.78 is 5.48. The van der Waals surface area contributed by atoms with Crippen molar-refractivity contribution < 1.29 is 9.53 Å². The van der Waals surface area contributed by atoms with E-state index in [0.29, 0.717) is 17.3 Å². The smallest absolute Gasteiger partial charge is 0.258 e. The lowest BCUT2D eigenvalue weighted by molar-refractivity contribution is -0.123. The van der Waals surface area contributed by atoms with Crippen molar-refractivity contribution in [1.82, 2.24) is 15.3 Å². The van der Waals surface area contributed by atoms with Crippen LogP contribution in [0.25, 0.3) is 11.3 Å². The van der Waals surface area contributed by atoms with Crippen molar-refractivity contribution >= 4 is 17.5 Å². The Balaban J connectivity index is 1.54. The predicted molar refractivity (Wildman–Crippen MR) is 101 cm³/mol. The molecule has 26 heavy (non-hydrogen) atoms. The number of hydrogen-bond acceptors (Lipinski definition) is 4. The highest BCUT2D eigenvalue weighted by molar-refractivity contribution is 6.31. The van der Waals surface area contributed by atoms with E-state index >= 15 is 0 Å². The van der Waals surface area contributed by atoms with Gasteiger partial charge in [-0.2, -0.15) is 0 Å². The number of benzene rings is 2. The van der Waals surface area contributed by atoms with Crippen LogP contribution < -0.4 is 10.1 Å². The summed E-state index contributed by atoms with van der Waals surface area (Å²) >= 11 is 5.97. The van der Waals surface area contributed by atoms with Gasteiger partial charge in [0, 0.05) is 10.6 Å². The molecule has 0 atom stereocenters. The predicted octanol–water partition coefficient (Wildman–Crippen LogP) is 3.80. The number of ether oxygens (including phenoxy) is 1. The molecule has 2 aromatic carbocycles. The number of hydrogen-bond donors (Lipinski definition) is 1. The topological polar surface area (TPSA) is 64.1 Å². The van der Waals surface area contributed by atoms with Crippen molar-refractivity contribution in [2.24, 2.45) is 0 Å². The summed E-state index contributed by atoms with van der Waals surface area (Å²) in [5.41, 5.74) is 3.45. The van der Waals surface area contributed by atoms with Crippen molar-refractivity contribution in [3.63, 3.8) is 0 Å². The summed E-state index contributed by atoms with van der Waals surface area (Å²) in [4.78, 5) is 20.5. The van der Waals surface area contributed by atoms with Crippen molar-refractivity contribution in [3.8, 4) is 17.0 Å². The third-order valence-corrected chi connectivity index (χ3v) is 4.18. The molecular weight excluding hydrogens is 350 g/mol. The van der Waals surface area contributed by atoms with Crippen LogP contribution in [0, 0.1) is 6.92 Å². The van der Waals surface area contributed by atoms with Crippen LogP contribution in [0.5, 0.6) is 5.75 Å². The average Bonchev–Trinajstić information content (AvgIpc) is 2.68. The lowest BCUT2D eigenvalue weighted by atomic mass is 10.1. The Labute approximate surface area is 157 Å². The summed E-state index contributed by atoms with van der Waals surface area (Å²) in [6, 6.07) is 17.0. The van der Waals surface area contributed by atoms with E-state index in [-0.39, 0.29) is 12.5 Å². The third kappa shape index (κ3) is 4.80. The quantitative estimate of drug-likeness (QED) is 0.719. The van der Waals surface area contributed by atoms with Crippen LogP contribution in [0.3, 0.4) is 0 Å². The lowest BCUT2D eigenvalue weighted by Gasteiger charge is -2.09. The van der Waals surface area contributed by atoms with Crippen LogP contribution in [0.4, 0.5) is 0 Å². The molecule has 1 aromatic heterocycles. The van der Waals surface area contributed by atoms with Crippen LogP contribution >= 0.6 is 11.6 Å².